The number of carbonyl (C=O) groups excluding carboxylic acids is 1. The van der Waals surface area contributed by atoms with Gasteiger partial charge in [0.05, 0.1) is 4.92 Å². The minimum atomic E-state index is -0.484. The van der Waals surface area contributed by atoms with Crippen LogP contribution in [0.5, 0.6) is 0 Å². The van der Waals surface area contributed by atoms with Gasteiger partial charge in [-0.1, -0.05) is 0 Å². The van der Waals surface area contributed by atoms with Gasteiger partial charge in [-0.2, -0.15) is 0 Å². The summed E-state index contributed by atoms with van der Waals surface area (Å²) in [7, 11) is 1.59. The minimum absolute atomic E-state index is 0.0124. The maximum Gasteiger partial charge on any atom is 0.272 e. The number of hydrogen-bond donors (Lipinski definition) is 1. The summed E-state index contributed by atoms with van der Waals surface area (Å²) in [5.74, 6) is -0.444. The van der Waals surface area contributed by atoms with E-state index >= 15 is 0 Å². The van der Waals surface area contributed by atoms with Crippen molar-refractivity contribution >= 4 is 17.3 Å². The van der Waals surface area contributed by atoms with Gasteiger partial charge in [-0.25, -0.2) is 0 Å². The maximum atomic E-state index is 12.0. The van der Waals surface area contributed by atoms with Crippen LogP contribution >= 0.6 is 0 Å². The predicted octanol–water partition coefficient (Wildman–Crippen LogP) is 1.85. The molecule has 1 aromatic carbocycles. The first-order valence-corrected chi connectivity index (χ1v) is 6.11. The van der Waals surface area contributed by atoms with Gasteiger partial charge in [-0.3, -0.25) is 19.7 Å². The van der Waals surface area contributed by atoms with E-state index in [-0.39, 0.29) is 16.8 Å². The van der Waals surface area contributed by atoms with Crippen molar-refractivity contribution < 1.29 is 9.72 Å². The molecule has 0 atom stereocenters. The number of hydrogen-bond acceptors (Lipinski definition) is 4. The predicted molar refractivity (Wildman–Crippen MR) is 77.5 cm³/mol. The fraction of sp³-hybridized carbons (Fsp3) is 0.143. The molecular formula is C14H13N3O4. The Hall–Kier alpha value is -2.96. The summed E-state index contributed by atoms with van der Waals surface area (Å²) in [4.78, 5) is 33.7. The molecule has 0 radical (unpaired) electrons. The Morgan fingerprint density at radius 1 is 1.29 bits per heavy atom. The molecule has 0 spiro atoms. The Morgan fingerprint density at radius 2 is 2.00 bits per heavy atom. The second-order valence-corrected chi connectivity index (χ2v) is 4.58. The average molecular weight is 287 g/mol. The Labute approximate surface area is 120 Å². The van der Waals surface area contributed by atoms with Gasteiger partial charge in [0, 0.05) is 42.2 Å². The summed E-state index contributed by atoms with van der Waals surface area (Å²) >= 11 is 0. The van der Waals surface area contributed by atoms with Crippen molar-refractivity contribution in [1.29, 1.82) is 0 Å². The van der Waals surface area contributed by atoms with Crippen LogP contribution in [0.15, 0.2) is 41.3 Å². The van der Waals surface area contributed by atoms with Crippen molar-refractivity contribution in [2.45, 2.75) is 6.92 Å². The Morgan fingerprint density at radius 3 is 2.57 bits per heavy atom. The van der Waals surface area contributed by atoms with Crippen LogP contribution in [0, 0.1) is 17.0 Å². The number of nitro benzene ring substituents is 1. The lowest BCUT2D eigenvalue weighted by Crippen LogP contribution is -2.20. The first-order chi connectivity index (χ1) is 9.88. The van der Waals surface area contributed by atoms with Gasteiger partial charge >= 0.3 is 0 Å². The number of nitrogens with zero attached hydrogens (tertiary/aromatic N) is 2. The van der Waals surface area contributed by atoms with Crippen LogP contribution < -0.4 is 10.9 Å². The molecule has 0 aliphatic heterocycles. The van der Waals surface area contributed by atoms with Crippen molar-refractivity contribution in [3.8, 4) is 0 Å². The number of carbonyl (C=O) groups is 1. The number of aromatic nitrogens is 1. The van der Waals surface area contributed by atoms with E-state index in [1.54, 1.807) is 14.0 Å². The summed E-state index contributed by atoms with van der Waals surface area (Å²) in [6.45, 7) is 1.59. The number of benzene rings is 1. The number of pyridine rings is 1. The summed E-state index contributed by atoms with van der Waals surface area (Å²) in [5.41, 5.74) is 0.809. The van der Waals surface area contributed by atoms with E-state index in [1.807, 2.05) is 0 Å². The molecule has 1 amide bonds. The van der Waals surface area contributed by atoms with Gasteiger partial charge in [-0.15, -0.1) is 0 Å². The Kier molecular flexibility index (Phi) is 3.84. The van der Waals surface area contributed by atoms with Crippen molar-refractivity contribution in [2.75, 3.05) is 5.32 Å². The fourth-order valence-electron chi connectivity index (χ4n) is 1.83. The standard InChI is InChI=1S/C14H13N3O4/c1-9-7-11(3-4-12(9)17(20)21)15-14(19)10-5-6-16(2)13(18)8-10/h3-8H,1-2H3,(H,15,19). The molecule has 1 aromatic heterocycles. The van der Waals surface area contributed by atoms with E-state index in [1.165, 1.54) is 41.1 Å². The van der Waals surface area contributed by atoms with E-state index < -0.39 is 10.8 Å². The van der Waals surface area contributed by atoms with E-state index in [2.05, 4.69) is 5.32 Å². The van der Waals surface area contributed by atoms with Gasteiger partial charge in [-0.05, 0) is 25.1 Å². The zero-order valence-corrected chi connectivity index (χ0v) is 11.5. The number of aryl methyl sites for hydroxylation is 2. The average Bonchev–Trinajstić information content (AvgIpc) is 2.41. The third kappa shape index (κ3) is 3.14. The van der Waals surface area contributed by atoms with Gasteiger partial charge in [0.15, 0.2) is 0 Å². The highest BCUT2D eigenvalue weighted by Gasteiger charge is 2.12. The molecule has 0 unspecified atom stereocenters. The Bertz CT molecular complexity index is 780. The molecule has 0 fully saturated rings. The highest BCUT2D eigenvalue weighted by Crippen LogP contribution is 2.21. The van der Waals surface area contributed by atoms with Crippen molar-refractivity contribution in [3.63, 3.8) is 0 Å². The van der Waals surface area contributed by atoms with Gasteiger partial charge in [0.25, 0.3) is 17.2 Å². The van der Waals surface area contributed by atoms with Crippen molar-refractivity contribution in [2.24, 2.45) is 7.05 Å². The van der Waals surface area contributed by atoms with Crippen molar-refractivity contribution in [3.05, 3.63) is 68.1 Å². The number of anilines is 1. The topological polar surface area (TPSA) is 94.2 Å². The molecule has 2 aromatic rings. The molecular weight excluding hydrogens is 274 g/mol. The molecule has 21 heavy (non-hydrogen) atoms. The van der Waals surface area contributed by atoms with Crippen LogP contribution in [0.3, 0.4) is 0 Å². The highest BCUT2D eigenvalue weighted by atomic mass is 16.6. The number of nitrogens with one attached hydrogen (secondary N) is 1. The lowest BCUT2D eigenvalue weighted by molar-refractivity contribution is -0.385. The molecule has 2 rings (SSSR count). The monoisotopic (exact) mass is 287 g/mol. The summed E-state index contributed by atoms with van der Waals surface area (Å²) in [5, 5.41) is 13.3. The molecule has 108 valence electrons. The maximum absolute atomic E-state index is 12.0. The third-order valence-corrected chi connectivity index (χ3v) is 3.02. The summed E-state index contributed by atoms with van der Waals surface area (Å²) < 4.78 is 1.35. The number of nitro groups is 1. The molecule has 7 nitrogen and oxygen atoms in total. The zero-order valence-electron chi connectivity index (χ0n) is 11.5. The zero-order chi connectivity index (χ0) is 15.6. The molecule has 1 heterocycles. The van der Waals surface area contributed by atoms with Crippen LogP contribution in [0.2, 0.25) is 0 Å². The summed E-state index contributed by atoms with van der Waals surface area (Å²) in [6.07, 6.45) is 1.50. The van der Waals surface area contributed by atoms with Gasteiger partial charge in [0.1, 0.15) is 0 Å². The van der Waals surface area contributed by atoms with E-state index in [0.29, 0.717) is 11.3 Å². The number of rotatable bonds is 3. The van der Waals surface area contributed by atoms with E-state index in [0.717, 1.165) is 0 Å². The molecule has 0 bridgehead atoms. The van der Waals surface area contributed by atoms with Gasteiger partial charge in [0.2, 0.25) is 0 Å². The normalized spacial score (nSPS) is 10.2. The van der Waals surface area contributed by atoms with Crippen LogP contribution in [0.1, 0.15) is 15.9 Å². The largest absolute Gasteiger partial charge is 0.322 e. The van der Waals surface area contributed by atoms with Crippen LogP contribution in [0.25, 0.3) is 0 Å². The Balaban J connectivity index is 2.23. The molecule has 0 saturated heterocycles. The minimum Gasteiger partial charge on any atom is -0.322 e. The smallest absolute Gasteiger partial charge is 0.272 e. The number of amides is 1. The lowest BCUT2D eigenvalue weighted by atomic mass is 10.1. The molecule has 7 heteroatoms. The highest BCUT2D eigenvalue weighted by molar-refractivity contribution is 6.04. The molecule has 0 aliphatic rings. The molecule has 0 saturated carbocycles. The van der Waals surface area contributed by atoms with Gasteiger partial charge < -0.3 is 9.88 Å². The second kappa shape index (κ2) is 5.58. The summed E-state index contributed by atoms with van der Waals surface area (Å²) in [6, 6.07) is 7.04. The van der Waals surface area contributed by atoms with Crippen LogP contribution in [-0.2, 0) is 7.05 Å². The SMILES string of the molecule is Cc1cc(NC(=O)c2ccn(C)c(=O)c2)ccc1[N+](=O)[O-]. The van der Waals surface area contributed by atoms with E-state index in [9.17, 15) is 19.7 Å². The molecule has 1 N–H and O–H groups in total. The second-order valence-electron chi connectivity index (χ2n) is 4.58. The van der Waals surface area contributed by atoms with Crippen LogP contribution in [0.4, 0.5) is 11.4 Å². The quantitative estimate of drug-likeness (QED) is 0.688. The first-order valence-electron chi connectivity index (χ1n) is 6.11. The van der Waals surface area contributed by atoms with E-state index in [4.69, 9.17) is 0 Å². The third-order valence-electron chi connectivity index (χ3n) is 3.02. The van der Waals surface area contributed by atoms with Crippen LogP contribution in [-0.4, -0.2) is 15.4 Å². The fourth-order valence-corrected chi connectivity index (χ4v) is 1.83. The van der Waals surface area contributed by atoms with Crippen molar-refractivity contribution in [1.82, 2.24) is 4.57 Å². The molecule has 0 aliphatic carbocycles. The lowest BCUT2D eigenvalue weighted by Gasteiger charge is -2.07. The first kappa shape index (κ1) is 14.4.